The molecule has 3 amide bonds. The van der Waals surface area contributed by atoms with Gasteiger partial charge >= 0.3 is 0 Å². The molecule has 3 heterocycles. The predicted molar refractivity (Wildman–Crippen MR) is 144 cm³/mol. The molecule has 0 aromatic rings. The maximum Gasteiger partial charge on any atom is 0.248 e. The fraction of sp³-hybridized carbons (Fsp3) is 0.759. The quantitative estimate of drug-likeness (QED) is 0.283. The molecule has 8 heteroatoms. The van der Waals surface area contributed by atoms with Crippen molar-refractivity contribution in [1.29, 1.82) is 0 Å². The van der Waals surface area contributed by atoms with E-state index in [9.17, 15) is 19.5 Å². The summed E-state index contributed by atoms with van der Waals surface area (Å²) < 4.78 is 6.84. The predicted octanol–water partition coefficient (Wildman–Crippen LogP) is 3.01. The third-order valence-electron chi connectivity index (χ3n) is 8.76. The molecule has 0 radical (unpaired) electrons. The second-order valence-corrected chi connectivity index (χ2v) is 11.5. The normalized spacial score (nSPS) is 32.1. The van der Waals surface area contributed by atoms with Crippen molar-refractivity contribution in [1.82, 2.24) is 14.7 Å². The number of nitrogens with zero attached hydrogens (tertiary/aromatic N) is 3. The van der Waals surface area contributed by atoms with Crippen LogP contribution in [0.15, 0.2) is 25.3 Å². The van der Waals surface area contributed by atoms with Crippen LogP contribution in [0.4, 0.5) is 0 Å². The number of amides is 3. The van der Waals surface area contributed by atoms with Crippen molar-refractivity contribution in [3.63, 3.8) is 0 Å². The molecule has 1 N–H and O–H groups in total. The van der Waals surface area contributed by atoms with E-state index in [1.54, 1.807) is 26.9 Å². The zero-order chi connectivity index (χ0) is 27.5. The van der Waals surface area contributed by atoms with Gasteiger partial charge < -0.3 is 24.5 Å². The van der Waals surface area contributed by atoms with E-state index in [2.05, 4.69) is 20.1 Å². The highest BCUT2D eigenvalue weighted by Gasteiger charge is 2.80. The number of fused-ring (bicyclic) bond motifs is 1. The molecule has 2 bridgehead atoms. The number of unbranched alkanes of at least 4 members (excludes halogenated alkanes) is 2. The van der Waals surface area contributed by atoms with Crippen LogP contribution in [0.3, 0.4) is 0 Å². The summed E-state index contributed by atoms with van der Waals surface area (Å²) in [5.41, 5.74) is -1.87. The van der Waals surface area contributed by atoms with Gasteiger partial charge in [0.1, 0.15) is 11.6 Å². The lowest BCUT2D eigenvalue weighted by atomic mass is 9.62. The number of carbonyl (C=O) groups is 3. The number of ether oxygens (including phenoxy) is 1. The maximum absolute atomic E-state index is 14.2. The Morgan fingerprint density at radius 1 is 1.19 bits per heavy atom. The first kappa shape index (κ1) is 29.4. The molecule has 0 aromatic carbocycles. The average molecular weight is 518 g/mol. The number of carbonyl (C=O) groups excluding carboxylic acids is 3. The van der Waals surface area contributed by atoms with Gasteiger partial charge in [0.05, 0.1) is 17.4 Å². The van der Waals surface area contributed by atoms with E-state index in [4.69, 9.17) is 4.74 Å². The zero-order valence-corrected chi connectivity index (χ0v) is 23.4. The molecule has 37 heavy (non-hydrogen) atoms. The lowest BCUT2D eigenvalue weighted by molar-refractivity contribution is -0.155. The Morgan fingerprint density at radius 3 is 2.43 bits per heavy atom. The summed E-state index contributed by atoms with van der Waals surface area (Å²) >= 11 is 0. The van der Waals surface area contributed by atoms with E-state index in [0.717, 1.165) is 12.8 Å². The number of likely N-dealkylation sites (tertiary alicyclic amines) is 1. The van der Waals surface area contributed by atoms with E-state index in [1.165, 1.54) is 0 Å². The highest BCUT2D eigenvalue weighted by molar-refractivity contribution is 5.99. The highest BCUT2D eigenvalue weighted by atomic mass is 16.5. The fourth-order valence-corrected chi connectivity index (χ4v) is 6.97. The van der Waals surface area contributed by atoms with Gasteiger partial charge in [-0.25, -0.2) is 0 Å². The minimum Gasteiger partial charge on any atom is -0.396 e. The van der Waals surface area contributed by atoms with Crippen LogP contribution in [0, 0.1) is 17.8 Å². The molecule has 8 nitrogen and oxygen atoms in total. The Hall–Kier alpha value is -2.19. The van der Waals surface area contributed by atoms with Crippen LogP contribution in [0.2, 0.25) is 0 Å². The molecule has 3 rings (SSSR count). The van der Waals surface area contributed by atoms with E-state index >= 15 is 0 Å². The maximum atomic E-state index is 14.2. The van der Waals surface area contributed by atoms with Crippen LogP contribution in [0.1, 0.15) is 66.7 Å². The summed E-state index contributed by atoms with van der Waals surface area (Å²) in [6.45, 7) is 19.5. The summed E-state index contributed by atoms with van der Waals surface area (Å²) in [5, 5.41) is 9.23. The standard InChI is InChI=1S/C29H47N3O5/c1-8-14-30(15-9-2)25(34)22-23-26(35)32(17-12-11-13-18-33)24(27(36)31(16-10-3)20(4)5)29(23)19-21(6)28(22,7)37-29/h8,10,20-24,33H,1,3,9,11-19H2,2,4-7H3/t21?,22-,23-,24?,28+,29?/m0/s1. The van der Waals surface area contributed by atoms with E-state index < -0.39 is 29.1 Å². The van der Waals surface area contributed by atoms with Crippen molar-refractivity contribution in [2.24, 2.45) is 17.8 Å². The summed E-state index contributed by atoms with van der Waals surface area (Å²) in [5.74, 6) is -1.73. The Balaban J connectivity index is 2.09. The van der Waals surface area contributed by atoms with Gasteiger partial charge in [0.15, 0.2) is 0 Å². The van der Waals surface area contributed by atoms with Gasteiger partial charge in [0.2, 0.25) is 17.7 Å². The molecule has 3 unspecified atom stereocenters. The monoisotopic (exact) mass is 517 g/mol. The smallest absolute Gasteiger partial charge is 0.248 e. The van der Waals surface area contributed by atoms with Gasteiger partial charge in [0, 0.05) is 38.8 Å². The topological polar surface area (TPSA) is 90.4 Å². The molecule has 6 atom stereocenters. The van der Waals surface area contributed by atoms with Gasteiger partial charge in [-0.05, 0) is 58.8 Å². The first-order valence-corrected chi connectivity index (χ1v) is 14.0. The van der Waals surface area contributed by atoms with E-state index in [0.29, 0.717) is 45.4 Å². The third-order valence-corrected chi connectivity index (χ3v) is 8.76. The minimum atomic E-state index is -1.04. The molecular weight excluding hydrogens is 470 g/mol. The summed E-state index contributed by atoms with van der Waals surface area (Å²) in [6, 6.07) is -0.869. The van der Waals surface area contributed by atoms with Gasteiger partial charge in [0.25, 0.3) is 0 Å². The number of rotatable bonds is 14. The molecule has 3 saturated heterocycles. The van der Waals surface area contributed by atoms with Crippen molar-refractivity contribution >= 4 is 17.7 Å². The average Bonchev–Trinajstić information content (AvgIpc) is 3.36. The van der Waals surface area contributed by atoms with Gasteiger partial charge in [-0.2, -0.15) is 0 Å². The van der Waals surface area contributed by atoms with E-state index in [-0.39, 0.29) is 36.3 Å². The Morgan fingerprint density at radius 2 is 1.86 bits per heavy atom. The van der Waals surface area contributed by atoms with Crippen LogP contribution in [0.5, 0.6) is 0 Å². The zero-order valence-electron chi connectivity index (χ0n) is 23.4. The number of hydrogen-bond donors (Lipinski definition) is 1. The first-order chi connectivity index (χ1) is 17.5. The summed E-state index contributed by atoms with van der Waals surface area (Å²) in [4.78, 5) is 47.7. The lowest BCUT2D eigenvalue weighted by Crippen LogP contribution is -2.58. The first-order valence-electron chi connectivity index (χ1n) is 14.0. The van der Waals surface area contributed by atoms with Crippen LogP contribution in [-0.4, -0.2) is 93.6 Å². The summed E-state index contributed by atoms with van der Waals surface area (Å²) in [6.07, 6.45) is 6.84. The van der Waals surface area contributed by atoms with Crippen molar-refractivity contribution in [3.8, 4) is 0 Å². The largest absolute Gasteiger partial charge is 0.396 e. The Kier molecular flexibility index (Phi) is 9.27. The molecule has 1 spiro atoms. The van der Waals surface area contributed by atoms with Crippen LogP contribution < -0.4 is 0 Å². The molecule has 3 aliphatic heterocycles. The van der Waals surface area contributed by atoms with Crippen molar-refractivity contribution < 1.29 is 24.2 Å². The number of aliphatic hydroxyl groups is 1. The molecule has 0 saturated carbocycles. The highest BCUT2D eigenvalue weighted by Crippen LogP contribution is 2.65. The van der Waals surface area contributed by atoms with E-state index in [1.807, 2.05) is 27.7 Å². The molecule has 3 aliphatic rings. The van der Waals surface area contributed by atoms with Crippen molar-refractivity contribution in [3.05, 3.63) is 25.3 Å². The third kappa shape index (κ3) is 4.87. The molecule has 208 valence electrons. The number of hydrogen-bond acceptors (Lipinski definition) is 5. The van der Waals surface area contributed by atoms with Crippen molar-refractivity contribution in [2.75, 3.05) is 32.8 Å². The van der Waals surface area contributed by atoms with Gasteiger partial charge in [-0.1, -0.05) is 26.0 Å². The SMILES string of the molecule is C=CCN(CCC)C(=O)[C@@H]1[C@H]2C(=O)N(CCCCCO)C(C(=O)N(CC=C)C(C)C)C23CC(C)[C@@]1(C)O3. The molecule has 0 aromatic heterocycles. The van der Waals surface area contributed by atoms with Crippen LogP contribution in [-0.2, 0) is 19.1 Å². The fourth-order valence-electron chi connectivity index (χ4n) is 6.97. The van der Waals surface area contributed by atoms with Crippen molar-refractivity contribution in [2.45, 2.75) is 90.0 Å². The number of aliphatic hydroxyl groups excluding tert-OH is 1. The second-order valence-electron chi connectivity index (χ2n) is 11.5. The minimum absolute atomic E-state index is 0.00857. The summed E-state index contributed by atoms with van der Waals surface area (Å²) in [7, 11) is 0. The molecule has 3 fully saturated rings. The van der Waals surface area contributed by atoms with Gasteiger partial charge in [-0.15, -0.1) is 13.2 Å². The Bertz CT molecular complexity index is 891. The second kappa shape index (κ2) is 11.7. The van der Waals surface area contributed by atoms with Crippen LogP contribution in [0.25, 0.3) is 0 Å². The molecule has 0 aliphatic carbocycles. The van der Waals surface area contributed by atoms with Gasteiger partial charge in [-0.3, -0.25) is 14.4 Å². The Labute approximate surface area is 222 Å². The lowest BCUT2D eigenvalue weighted by Gasteiger charge is -2.39. The van der Waals surface area contributed by atoms with Crippen LogP contribution >= 0.6 is 0 Å². The molecular formula is C29H47N3O5.